The number of hydrogen-bond donors (Lipinski definition) is 1. The average molecular weight is 241 g/mol. The van der Waals surface area contributed by atoms with E-state index < -0.39 is 0 Å². The topological polar surface area (TPSA) is 38.3 Å². The lowest BCUT2D eigenvalue weighted by molar-refractivity contribution is 0.258. The molecule has 0 aliphatic carbocycles. The lowest BCUT2D eigenvalue weighted by Gasteiger charge is -1.97. The van der Waals surface area contributed by atoms with E-state index in [1.54, 1.807) is 23.0 Å². The molecule has 0 rings (SSSR count). The Hall–Kier alpha value is 0.692. The van der Waals surface area contributed by atoms with Gasteiger partial charge in [-0.25, -0.2) is 0 Å². The normalized spacial score (nSPS) is 8.62. The molecule has 8 heavy (non-hydrogen) atoms. The molecule has 0 unspecified atom stereocenters. The second kappa shape index (κ2) is 5.82. The summed E-state index contributed by atoms with van der Waals surface area (Å²) in [6.45, 7) is 1.13. The van der Waals surface area contributed by atoms with Crippen molar-refractivity contribution < 1.29 is 7.86 Å². The summed E-state index contributed by atoms with van der Waals surface area (Å²) in [5.41, 5.74) is 0. The van der Waals surface area contributed by atoms with Gasteiger partial charge in [-0.1, -0.05) is 0 Å². The average Bonchev–Trinajstić information content (AvgIpc) is 1.66. The van der Waals surface area contributed by atoms with Gasteiger partial charge in [0.05, 0.1) is 11.4 Å². The molecule has 0 fully saturated rings. The van der Waals surface area contributed by atoms with E-state index in [0.717, 1.165) is 0 Å². The van der Waals surface area contributed by atoms with Gasteiger partial charge >= 0.3 is 0 Å². The smallest absolute Gasteiger partial charge is 0.281 e. The molecule has 0 bridgehead atoms. The molecule has 3 nitrogen and oxygen atoms in total. The summed E-state index contributed by atoms with van der Waals surface area (Å²) in [6, 6.07) is 0. The third kappa shape index (κ3) is 6.69. The third-order valence-electron chi connectivity index (χ3n) is 0.478. The molecule has 0 aromatic heterocycles. The van der Waals surface area contributed by atoms with Crippen molar-refractivity contribution >= 4 is 44.1 Å². The van der Waals surface area contributed by atoms with Crippen LogP contribution < -0.4 is 5.32 Å². The fourth-order valence-corrected chi connectivity index (χ4v) is 0.577. The van der Waals surface area contributed by atoms with Crippen LogP contribution in [0, 0.1) is 0 Å². The molecule has 0 spiro atoms. The molecule has 0 atom stereocenters. The Labute approximate surface area is 70.3 Å². The number of halogens is 1. The Morgan fingerprint density at radius 1 is 1.88 bits per heavy atom. The molecule has 0 heterocycles. The Morgan fingerprint density at radius 2 is 2.50 bits per heavy atom. The molecule has 0 saturated carbocycles. The van der Waals surface area contributed by atoms with E-state index in [-0.39, 0.29) is 4.77 Å². The summed E-state index contributed by atoms with van der Waals surface area (Å²) in [5, 5.41) is 2.54. The van der Waals surface area contributed by atoms with Crippen LogP contribution in [0.5, 0.6) is 0 Å². The van der Waals surface area contributed by atoms with Crippen LogP contribution in [0.3, 0.4) is 0 Å². The van der Waals surface area contributed by atoms with Gasteiger partial charge in [-0.05, 0) is 0 Å². The van der Waals surface area contributed by atoms with Crippen LogP contribution in [0.25, 0.3) is 0 Å². The van der Waals surface area contributed by atoms with Crippen LogP contribution in [-0.2, 0) is 3.07 Å². The van der Waals surface area contributed by atoms with Crippen molar-refractivity contribution in [2.45, 2.75) is 0 Å². The first-order valence-corrected chi connectivity index (χ1v) is 3.50. The number of amides is 1. The maximum absolute atomic E-state index is 10.1. The highest BCUT2D eigenvalue weighted by atomic mass is 127. The summed E-state index contributed by atoms with van der Waals surface area (Å²) in [4.78, 5) is 10.1. The second-order valence-electron chi connectivity index (χ2n) is 1.10. The number of hydrogen-bond acceptors (Lipinski definition) is 2. The van der Waals surface area contributed by atoms with Crippen molar-refractivity contribution in [3.05, 3.63) is 0 Å². The molecule has 1 N–H and O–H groups in total. The summed E-state index contributed by atoms with van der Waals surface area (Å²) in [7, 11) is 0. The quantitative estimate of drug-likeness (QED) is 0.436. The zero-order valence-corrected chi connectivity index (χ0v) is 7.50. The van der Waals surface area contributed by atoms with Gasteiger partial charge in [0.2, 0.25) is 0 Å². The summed E-state index contributed by atoms with van der Waals surface area (Å²) in [6.07, 6.45) is 0. The van der Waals surface area contributed by atoms with Gasteiger partial charge in [0, 0.05) is 6.54 Å². The van der Waals surface area contributed by atoms with Gasteiger partial charge in [-0.15, -0.1) is 0 Å². The number of carbonyl (C=O) groups excluding carboxylic acids is 1. The van der Waals surface area contributed by atoms with E-state index in [0.29, 0.717) is 13.2 Å². The van der Waals surface area contributed by atoms with Crippen molar-refractivity contribution in [2.75, 3.05) is 13.2 Å². The second-order valence-corrected chi connectivity index (χ2v) is 2.25. The minimum absolute atomic E-state index is 0.0987. The molecule has 5 heteroatoms. The van der Waals surface area contributed by atoms with E-state index in [2.05, 4.69) is 8.38 Å². The van der Waals surface area contributed by atoms with E-state index >= 15 is 0 Å². The standard InChI is InChI=1S/C3H5INO2.Al/c4-7-2-1-5-3-6;/h1-2H2,(H,5,6);. The molecule has 0 aromatic carbocycles. The molecule has 0 aromatic rings. The number of carbonyl (C=O) groups is 1. The first-order chi connectivity index (χ1) is 3.77. The predicted molar refractivity (Wildman–Crippen MR) is 39.1 cm³/mol. The molecular formula is C3H5AlINO2. The predicted octanol–water partition coefficient (Wildman–Crippen LogP) is 0.231. The van der Waals surface area contributed by atoms with Crippen LogP contribution in [0.15, 0.2) is 0 Å². The van der Waals surface area contributed by atoms with Crippen LogP contribution in [0.2, 0.25) is 0 Å². The lowest BCUT2D eigenvalue weighted by atomic mass is 10.7. The van der Waals surface area contributed by atoms with Gasteiger partial charge in [0.15, 0.2) is 0 Å². The van der Waals surface area contributed by atoms with Crippen molar-refractivity contribution in [1.29, 1.82) is 0 Å². The number of nitrogens with one attached hydrogen (secondary N) is 1. The minimum Gasteiger partial charge on any atom is -0.372 e. The molecule has 0 aliphatic rings. The Bertz CT molecular complexity index is 79.7. The molecule has 0 aliphatic heterocycles. The van der Waals surface area contributed by atoms with Gasteiger partial charge in [-0.3, -0.25) is 0 Å². The highest BCUT2D eigenvalue weighted by Crippen LogP contribution is 1.80. The maximum atomic E-state index is 10.1. The molecular weight excluding hydrogens is 236 g/mol. The van der Waals surface area contributed by atoms with E-state index in [4.69, 9.17) is 0 Å². The van der Waals surface area contributed by atoms with Crippen LogP contribution in [0.4, 0.5) is 4.79 Å². The highest BCUT2D eigenvalue weighted by Gasteiger charge is 1.85. The highest BCUT2D eigenvalue weighted by molar-refractivity contribution is 14.1. The minimum atomic E-state index is -0.0987. The first-order valence-electron chi connectivity index (χ1n) is 2.04. The summed E-state index contributed by atoms with van der Waals surface area (Å²) in [5.74, 6) is 0. The molecule has 44 valence electrons. The summed E-state index contributed by atoms with van der Waals surface area (Å²) >= 11 is 3.80. The lowest BCUT2D eigenvalue weighted by Crippen LogP contribution is -2.24. The maximum Gasteiger partial charge on any atom is 0.281 e. The van der Waals surface area contributed by atoms with Gasteiger partial charge in [0.25, 0.3) is 16.3 Å². The summed E-state index contributed by atoms with van der Waals surface area (Å²) < 4.78 is 4.54. The molecule has 2 radical (unpaired) electrons. The monoisotopic (exact) mass is 241 g/mol. The third-order valence-corrected chi connectivity index (χ3v) is 1.12. The Morgan fingerprint density at radius 3 is 2.88 bits per heavy atom. The Kier molecular flexibility index (Phi) is 6.33. The zero-order valence-electron chi connectivity index (χ0n) is 4.19. The van der Waals surface area contributed by atoms with Gasteiger partial charge < -0.3 is 13.2 Å². The van der Waals surface area contributed by atoms with Crippen LogP contribution >= 0.6 is 23.0 Å². The number of rotatable bonds is 3. The van der Waals surface area contributed by atoms with Crippen LogP contribution in [0.1, 0.15) is 0 Å². The van der Waals surface area contributed by atoms with E-state index in [9.17, 15) is 4.79 Å². The van der Waals surface area contributed by atoms with E-state index in [1.807, 2.05) is 16.3 Å². The fraction of sp³-hybridized carbons (Fsp3) is 0.667. The largest absolute Gasteiger partial charge is 0.372 e. The van der Waals surface area contributed by atoms with Crippen molar-refractivity contribution in [3.8, 4) is 0 Å². The molecule has 0 saturated heterocycles. The fourth-order valence-electron chi connectivity index (χ4n) is 0.213. The van der Waals surface area contributed by atoms with Gasteiger partial charge in [-0.2, -0.15) is 0 Å². The van der Waals surface area contributed by atoms with Gasteiger partial charge in [0.1, 0.15) is 23.0 Å². The zero-order chi connectivity index (χ0) is 6.41. The van der Waals surface area contributed by atoms with Crippen LogP contribution in [-0.4, -0.2) is 34.2 Å². The first kappa shape index (κ1) is 8.69. The van der Waals surface area contributed by atoms with Crippen molar-refractivity contribution in [1.82, 2.24) is 5.32 Å². The molecule has 1 amide bonds. The SMILES string of the molecule is O=[C]([Al])NCCOI. The van der Waals surface area contributed by atoms with Crippen molar-refractivity contribution in [2.24, 2.45) is 0 Å². The van der Waals surface area contributed by atoms with E-state index in [1.165, 1.54) is 0 Å². The Balaban J connectivity index is 2.82. The van der Waals surface area contributed by atoms with Crippen molar-refractivity contribution in [3.63, 3.8) is 0 Å².